The lowest BCUT2D eigenvalue weighted by Crippen LogP contribution is -2.38. The van der Waals surface area contributed by atoms with Gasteiger partial charge >= 0.3 is 5.97 Å². The molecule has 2 aromatic carbocycles. The number of phenols is 1. The zero-order valence-corrected chi connectivity index (χ0v) is 21.4. The Morgan fingerprint density at radius 3 is 2.26 bits per heavy atom. The van der Waals surface area contributed by atoms with Crippen LogP contribution in [0.3, 0.4) is 0 Å². The molecular weight excluding hydrogens is 472 g/mol. The zero-order chi connectivity index (χ0) is 26.4. The van der Waals surface area contributed by atoms with Crippen LogP contribution < -0.4 is 4.74 Å². The van der Waals surface area contributed by atoms with Gasteiger partial charge < -0.3 is 20.1 Å². The van der Waals surface area contributed by atoms with Crippen molar-refractivity contribution in [3.63, 3.8) is 0 Å². The highest BCUT2D eigenvalue weighted by atomic mass is 32.2. The minimum absolute atomic E-state index is 0.0861. The summed E-state index contributed by atoms with van der Waals surface area (Å²) in [5.74, 6) is -1.18. The molecule has 0 aliphatic rings. The number of hydrogen-bond acceptors (Lipinski definition) is 7. The Kier molecular flexibility index (Phi) is 9.45. The monoisotopic (exact) mass is 506 g/mol. The highest BCUT2D eigenvalue weighted by Crippen LogP contribution is 2.33. The number of aliphatic hydroxyl groups excluding tert-OH is 1. The number of aliphatic hydroxyl groups is 1. The van der Waals surface area contributed by atoms with Crippen LogP contribution >= 0.6 is 0 Å². The van der Waals surface area contributed by atoms with Crippen molar-refractivity contribution in [1.29, 1.82) is 0 Å². The maximum Gasteiger partial charge on any atom is 0.311 e. The first-order chi connectivity index (χ1) is 16.3. The normalized spacial score (nSPS) is 12.8. The third kappa shape index (κ3) is 7.05. The Labute approximate surface area is 206 Å². The van der Waals surface area contributed by atoms with Crippen molar-refractivity contribution in [2.45, 2.75) is 64.4 Å². The number of sulfone groups is 1. The number of aliphatic carboxylic acids is 1. The number of ether oxygens (including phenoxy) is 1. The summed E-state index contributed by atoms with van der Waals surface area (Å²) >= 11 is 0. The van der Waals surface area contributed by atoms with E-state index in [0.717, 1.165) is 6.42 Å². The molecule has 2 aromatic rings. The van der Waals surface area contributed by atoms with E-state index in [9.17, 15) is 33.3 Å². The molecule has 0 fully saturated rings. The van der Waals surface area contributed by atoms with Crippen molar-refractivity contribution in [2.24, 2.45) is 5.41 Å². The SMILES string of the molecule is CCCc1c(OCCCS(=O)(=O)c2ccc(CC(O)C(C)(C)C(=O)O)cc2)ccc(C(C)=O)c1O. The van der Waals surface area contributed by atoms with Gasteiger partial charge in [-0.1, -0.05) is 25.5 Å². The summed E-state index contributed by atoms with van der Waals surface area (Å²) in [5.41, 5.74) is 0.0643. The topological polar surface area (TPSA) is 138 Å². The van der Waals surface area contributed by atoms with Gasteiger partial charge in [-0.3, -0.25) is 9.59 Å². The summed E-state index contributed by atoms with van der Waals surface area (Å²) in [7, 11) is -3.58. The van der Waals surface area contributed by atoms with Crippen molar-refractivity contribution in [3.8, 4) is 11.5 Å². The average Bonchev–Trinajstić information content (AvgIpc) is 2.78. The second kappa shape index (κ2) is 11.7. The summed E-state index contributed by atoms with van der Waals surface area (Å²) in [6.07, 6.45) is 0.437. The lowest BCUT2D eigenvalue weighted by atomic mass is 9.83. The van der Waals surface area contributed by atoms with E-state index in [1.54, 1.807) is 18.2 Å². The standard InChI is InChI=1S/C26H34O8S/c1-5-7-21-22(13-12-20(17(2)27)24(21)29)34-14-6-15-35(32,33)19-10-8-18(9-11-19)16-23(28)26(3,4)25(30)31/h8-13,23,28-29H,5-7,14-16H2,1-4H3,(H,30,31). The number of phenolic OH excluding ortho intramolecular Hbond substituents is 1. The van der Waals surface area contributed by atoms with Crippen molar-refractivity contribution >= 4 is 21.6 Å². The van der Waals surface area contributed by atoms with Gasteiger partial charge in [0, 0.05) is 5.56 Å². The number of rotatable bonds is 13. The van der Waals surface area contributed by atoms with E-state index in [1.165, 1.54) is 39.0 Å². The van der Waals surface area contributed by atoms with Gasteiger partial charge in [0.2, 0.25) is 0 Å². The Bertz CT molecular complexity index is 1150. The number of hydrogen-bond donors (Lipinski definition) is 3. The first kappa shape index (κ1) is 28.3. The van der Waals surface area contributed by atoms with Gasteiger partial charge in [0.15, 0.2) is 15.6 Å². The van der Waals surface area contributed by atoms with Gasteiger partial charge in [-0.2, -0.15) is 0 Å². The number of carbonyl (C=O) groups is 2. The lowest BCUT2D eigenvalue weighted by Gasteiger charge is -2.25. The molecule has 3 N–H and O–H groups in total. The number of aromatic hydroxyl groups is 1. The van der Waals surface area contributed by atoms with Gasteiger partial charge in [-0.15, -0.1) is 0 Å². The van der Waals surface area contributed by atoms with E-state index < -0.39 is 27.3 Å². The molecule has 0 bridgehead atoms. The molecule has 1 unspecified atom stereocenters. The number of carbonyl (C=O) groups excluding carboxylic acids is 1. The Morgan fingerprint density at radius 1 is 1.09 bits per heavy atom. The van der Waals surface area contributed by atoms with E-state index in [4.69, 9.17) is 4.74 Å². The molecule has 2 rings (SSSR count). The summed E-state index contributed by atoms with van der Waals surface area (Å²) in [6.45, 7) is 6.30. The summed E-state index contributed by atoms with van der Waals surface area (Å²) in [4.78, 5) is 23.1. The fourth-order valence-electron chi connectivity index (χ4n) is 3.53. The molecule has 0 saturated carbocycles. The molecule has 0 saturated heterocycles. The largest absolute Gasteiger partial charge is 0.507 e. The van der Waals surface area contributed by atoms with Gasteiger partial charge in [0.05, 0.1) is 34.3 Å². The van der Waals surface area contributed by atoms with E-state index in [0.29, 0.717) is 23.3 Å². The minimum Gasteiger partial charge on any atom is -0.507 e. The van der Waals surface area contributed by atoms with Crippen LogP contribution in [0.15, 0.2) is 41.3 Å². The van der Waals surface area contributed by atoms with Crippen LogP contribution in [0.25, 0.3) is 0 Å². The molecule has 0 aromatic heterocycles. The van der Waals surface area contributed by atoms with Crippen LogP contribution in [0.1, 0.15) is 62.0 Å². The average molecular weight is 507 g/mol. The van der Waals surface area contributed by atoms with Gasteiger partial charge in [0.1, 0.15) is 11.5 Å². The fourth-order valence-corrected chi connectivity index (χ4v) is 4.82. The second-order valence-electron chi connectivity index (χ2n) is 9.16. The third-order valence-corrected chi connectivity index (χ3v) is 7.85. The molecule has 9 heteroatoms. The molecule has 0 spiro atoms. The van der Waals surface area contributed by atoms with E-state index in [2.05, 4.69) is 0 Å². The van der Waals surface area contributed by atoms with Crippen LogP contribution in [0, 0.1) is 5.41 Å². The molecular formula is C26H34O8S. The van der Waals surface area contributed by atoms with Gasteiger partial charge in [-0.25, -0.2) is 8.42 Å². The van der Waals surface area contributed by atoms with E-state index in [-0.39, 0.29) is 47.2 Å². The molecule has 0 aliphatic carbocycles. The molecule has 0 heterocycles. The van der Waals surface area contributed by atoms with Crippen molar-refractivity contribution in [3.05, 3.63) is 53.1 Å². The van der Waals surface area contributed by atoms with E-state index in [1.807, 2.05) is 6.92 Å². The predicted octanol–water partition coefficient (Wildman–Crippen LogP) is 3.80. The Balaban J connectivity index is 2.00. The number of Topliss-reactive ketones (excluding diaryl/α,β-unsaturated/α-hetero) is 1. The molecule has 0 amide bonds. The summed E-state index contributed by atoms with van der Waals surface area (Å²) < 4.78 is 31.2. The predicted molar refractivity (Wildman–Crippen MR) is 132 cm³/mol. The van der Waals surface area contributed by atoms with Crippen LogP contribution in [0.2, 0.25) is 0 Å². The molecule has 0 aliphatic heterocycles. The fraction of sp³-hybridized carbons (Fsp3) is 0.462. The smallest absolute Gasteiger partial charge is 0.311 e. The van der Waals surface area contributed by atoms with Crippen LogP contribution in [0.5, 0.6) is 11.5 Å². The second-order valence-corrected chi connectivity index (χ2v) is 11.3. The quantitative estimate of drug-likeness (QED) is 0.275. The number of carboxylic acid groups (broad SMARTS) is 1. The molecule has 0 radical (unpaired) electrons. The number of ketones is 1. The van der Waals surface area contributed by atoms with Gasteiger partial charge in [0.25, 0.3) is 0 Å². The zero-order valence-electron chi connectivity index (χ0n) is 20.6. The van der Waals surface area contributed by atoms with Crippen molar-refractivity contribution in [1.82, 2.24) is 0 Å². The minimum atomic E-state index is -3.58. The lowest BCUT2D eigenvalue weighted by molar-refractivity contribution is -0.153. The Morgan fingerprint density at radius 2 is 1.71 bits per heavy atom. The first-order valence-corrected chi connectivity index (χ1v) is 13.2. The van der Waals surface area contributed by atoms with Crippen LogP contribution in [-0.2, 0) is 27.5 Å². The van der Waals surface area contributed by atoms with Crippen molar-refractivity contribution < 1.29 is 38.1 Å². The summed E-state index contributed by atoms with van der Waals surface area (Å²) in [5, 5.41) is 29.9. The highest BCUT2D eigenvalue weighted by Gasteiger charge is 2.35. The first-order valence-electron chi connectivity index (χ1n) is 11.5. The summed E-state index contributed by atoms with van der Waals surface area (Å²) in [6, 6.07) is 9.16. The molecule has 8 nitrogen and oxygen atoms in total. The van der Waals surface area contributed by atoms with Gasteiger partial charge in [-0.05, 0) is 69.9 Å². The molecule has 192 valence electrons. The number of benzene rings is 2. The Hall–Kier alpha value is -2.91. The van der Waals surface area contributed by atoms with Crippen LogP contribution in [-0.4, -0.2) is 54.0 Å². The maximum atomic E-state index is 12.7. The third-order valence-electron chi connectivity index (χ3n) is 6.03. The van der Waals surface area contributed by atoms with Crippen molar-refractivity contribution in [2.75, 3.05) is 12.4 Å². The maximum absolute atomic E-state index is 12.7. The molecule has 1 atom stereocenters. The number of carboxylic acids is 1. The van der Waals surface area contributed by atoms with Crippen LogP contribution in [0.4, 0.5) is 0 Å². The van der Waals surface area contributed by atoms with E-state index >= 15 is 0 Å². The highest BCUT2D eigenvalue weighted by molar-refractivity contribution is 7.91. The molecule has 35 heavy (non-hydrogen) atoms.